The first kappa shape index (κ1) is 25.2. The summed E-state index contributed by atoms with van der Waals surface area (Å²) < 4.78 is 0. The number of fused-ring (bicyclic) bond motifs is 5. The lowest BCUT2D eigenvalue weighted by atomic mass is 9.59. The molecule has 0 N–H and O–H groups in total. The average molecular weight is 514 g/mol. The van der Waals surface area contributed by atoms with Gasteiger partial charge in [-0.05, 0) is 83.5 Å². The van der Waals surface area contributed by atoms with Crippen molar-refractivity contribution in [3.05, 3.63) is 102 Å². The van der Waals surface area contributed by atoms with Crippen LogP contribution in [0.1, 0.15) is 0 Å². The molecule has 0 aliphatic rings. The first-order valence-electron chi connectivity index (χ1n) is 12.9. The molecular formula is C34H16B5Cl. The minimum absolute atomic E-state index is 0.199. The third-order valence-electron chi connectivity index (χ3n) is 7.97. The van der Waals surface area contributed by atoms with E-state index in [1.807, 2.05) is 36.4 Å². The van der Waals surface area contributed by atoms with Crippen LogP contribution in [0.15, 0.2) is 97.1 Å². The predicted octanol–water partition coefficient (Wildman–Crippen LogP) is 4.26. The first-order valence-corrected chi connectivity index (χ1v) is 13.3. The highest BCUT2D eigenvalue weighted by molar-refractivity contribution is 6.69. The molecule has 0 amide bonds. The highest BCUT2D eigenvalue weighted by atomic mass is 35.5. The minimum Gasteiger partial charge on any atom is -0.112 e. The SMILES string of the molecule is [B]c1c([B])c([B])c(-c2c3ccccc3c(-c3cc4ccccc4c4cc(Cl)ccc34)c3ccccc23)c([B])c1[B]. The molecular weight excluding hydrogens is 498 g/mol. The molecule has 7 rings (SSSR count). The molecule has 0 bridgehead atoms. The highest BCUT2D eigenvalue weighted by Crippen LogP contribution is 2.46. The maximum atomic E-state index is 6.61. The van der Waals surface area contributed by atoms with Gasteiger partial charge in [-0.2, -0.15) is 0 Å². The van der Waals surface area contributed by atoms with Gasteiger partial charge < -0.3 is 0 Å². The molecule has 0 aromatic heterocycles. The standard InChI is InChI=1S/C34H16B5Cl/c35-30-29(31(36)33(38)34(39)32(30)37)28-23-11-5-3-9-21(23)27(22-10-4-6-12-24(22)28)26-15-17-7-1-2-8-19(17)25-16-18(40)13-14-20(25)26/h1-16H. The van der Waals surface area contributed by atoms with Crippen LogP contribution in [0.4, 0.5) is 0 Å². The van der Waals surface area contributed by atoms with E-state index in [-0.39, 0.29) is 16.4 Å². The molecule has 0 saturated carbocycles. The Balaban J connectivity index is 1.72. The van der Waals surface area contributed by atoms with E-state index >= 15 is 0 Å². The smallest absolute Gasteiger partial charge is 0.112 e. The van der Waals surface area contributed by atoms with Crippen molar-refractivity contribution < 1.29 is 0 Å². The Kier molecular flexibility index (Phi) is 5.91. The molecule has 6 heteroatoms. The summed E-state index contributed by atoms with van der Waals surface area (Å²) in [6.07, 6.45) is 0. The van der Waals surface area contributed by atoms with Crippen LogP contribution >= 0.6 is 11.6 Å². The lowest BCUT2D eigenvalue weighted by Gasteiger charge is -2.25. The number of halogens is 1. The Labute approximate surface area is 244 Å². The molecule has 7 aromatic rings. The molecule has 40 heavy (non-hydrogen) atoms. The topological polar surface area (TPSA) is 0 Å². The maximum Gasteiger partial charge on any atom is 0.113 e. The van der Waals surface area contributed by atoms with Crippen LogP contribution in [0.3, 0.4) is 0 Å². The number of rotatable bonds is 2. The van der Waals surface area contributed by atoms with E-state index < -0.39 is 0 Å². The van der Waals surface area contributed by atoms with Crippen LogP contribution in [-0.4, -0.2) is 39.2 Å². The third-order valence-corrected chi connectivity index (χ3v) is 8.21. The van der Waals surface area contributed by atoms with Gasteiger partial charge in [0.05, 0.1) is 0 Å². The molecule has 0 spiro atoms. The monoisotopic (exact) mass is 514 g/mol. The van der Waals surface area contributed by atoms with Crippen molar-refractivity contribution in [3.8, 4) is 22.3 Å². The second-order valence-corrected chi connectivity index (χ2v) is 10.6. The van der Waals surface area contributed by atoms with Crippen LogP contribution in [0, 0.1) is 0 Å². The summed E-state index contributed by atoms with van der Waals surface area (Å²) in [5, 5.41) is 9.27. The fourth-order valence-corrected chi connectivity index (χ4v) is 6.26. The third kappa shape index (κ3) is 3.61. The number of hydrogen-bond donors (Lipinski definition) is 0. The van der Waals surface area contributed by atoms with Gasteiger partial charge in [0.15, 0.2) is 0 Å². The van der Waals surface area contributed by atoms with Gasteiger partial charge in [0.1, 0.15) is 39.2 Å². The fourth-order valence-electron chi connectivity index (χ4n) is 6.09. The van der Waals surface area contributed by atoms with E-state index in [1.54, 1.807) is 0 Å². The van der Waals surface area contributed by atoms with E-state index in [2.05, 4.69) is 60.7 Å². The average Bonchev–Trinajstić information content (AvgIpc) is 2.98. The molecule has 0 fully saturated rings. The predicted molar refractivity (Wildman–Crippen MR) is 179 cm³/mol. The van der Waals surface area contributed by atoms with Crippen LogP contribution in [0.5, 0.6) is 0 Å². The number of benzene rings is 7. The Hall–Kier alpha value is -3.81. The van der Waals surface area contributed by atoms with Crippen LogP contribution < -0.4 is 27.3 Å². The summed E-state index contributed by atoms with van der Waals surface area (Å²) in [4.78, 5) is 0. The molecule has 0 heterocycles. The summed E-state index contributed by atoms with van der Waals surface area (Å²) >= 11 is 6.51. The van der Waals surface area contributed by atoms with Gasteiger partial charge in [-0.1, -0.05) is 101 Å². The quantitative estimate of drug-likeness (QED) is 0.184. The lowest BCUT2D eigenvalue weighted by molar-refractivity contribution is 1.71. The second-order valence-electron chi connectivity index (χ2n) is 10.1. The lowest BCUT2D eigenvalue weighted by Crippen LogP contribution is -2.55. The van der Waals surface area contributed by atoms with Gasteiger partial charge in [0.25, 0.3) is 0 Å². The zero-order valence-electron chi connectivity index (χ0n) is 21.5. The Morgan fingerprint density at radius 2 is 0.850 bits per heavy atom. The highest BCUT2D eigenvalue weighted by Gasteiger charge is 2.21. The molecule has 0 aliphatic carbocycles. The van der Waals surface area contributed by atoms with Crippen molar-refractivity contribution >= 4 is 121 Å². The van der Waals surface area contributed by atoms with E-state index in [9.17, 15) is 0 Å². The Morgan fingerprint density at radius 1 is 0.375 bits per heavy atom. The van der Waals surface area contributed by atoms with E-state index in [0.29, 0.717) is 21.5 Å². The zero-order chi connectivity index (χ0) is 27.7. The largest absolute Gasteiger partial charge is 0.113 e. The summed E-state index contributed by atoms with van der Waals surface area (Å²) in [6, 6.07) is 33.3. The molecule has 0 unspecified atom stereocenters. The zero-order valence-corrected chi connectivity index (χ0v) is 22.3. The van der Waals surface area contributed by atoms with Gasteiger partial charge in [-0.3, -0.25) is 0 Å². The second kappa shape index (κ2) is 9.39. The molecule has 0 aliphatic heterocycles. The van der Waals surface area contributed by atoms with Crippen LogP contribution in [0.2, 0.25) is 5.02 Å². The van der Waals surface area contributed by atoms with Gasteiger partial charge in [-0.15, -0.1) is 16.4 Å². The van der Waals surface area contributed by atoms with Crippen molar-refractivity contribution in [1.29, 1.82) is 0 Å². The van der Waals surface area contributed by atoms with E-state index in [0.717, 1.165) is 59.8 Å². The van der Waals surface area contributed by atoms with Crippen molar-refractivity contribution in [2.24, 2.45) is 0 Å². The number of hydrogen-bond acceptors (Lipinski definition) is 0. The van der Waals surface area contributed by atoms with E-state index in [4.69, 9.17) is 50.8 Å². The Bertz CT molecular complexity index is 2100. The van der Waals surface area contributed by atoms with Gasteiger partial charge >= 0.3 is 0 Å². The van der Waals surface area contributed by atoms with Crippen molar-refractivity contribution in [2.75, 3.05) is 0 Å². The van der Waals surface area contributed by atoms with Crippen molar-refractivity contribution in [2.45, 2.75) is 0 Å². The van der Waals surface area contributed by atoms with Crippen molar-refractivity contribution in [1.82, 2.24) is 0 Å². The molecule has 174 valence electrons. The van der Waals surface area contributed by atoms with Gasteiger partial charge in [-0.25, -0.2) is 0 Å². The van der Waals surface area contributed by atoms with Crippen LogP contribution in [0.25, 0.3) is 65.3 Å². The molecule has 7 aromatic carbocycles. The summed E-state index contributed by atoms with van der Waals surface area (Å²) in [7, 11) is 32.0. The summed E-state index contributed by atoms with van der Waals surface area (Å²) in [5.74, 6) is 0. The molecule has 0 atom stereocenters. The molecule has 0 nitrogen and oxygen atoms in total. The summed E-state index contributed by atoms with van der Waals surface area (Å²) in [6.45, 7) is 0. The van der Waals surface area contributed by atoms with E-state index in [1.165, 1.54) is 0 Å². The summed E-state index contributed by atoms with van der Waals surface area (Å²) in [5.41, 5.74) is 4.99. The fraction of sp³-hybridized carbons (Fsp3) is 0. The van der Waals surface area contributed by atoms with Crippen molar-refractivity contribution in [3.63, 3.8) is 0 Å². The normalized spacial score (nSPS) is 11.6. The molecule has 0 saturated heterocycles. The maximum absolute atomic E-state index is 6.61. The van der Waals surface area contributed by atoms with Gasteiger partial charge in [0.2, 0.25) is 0 Å². The van der Waals surface area contributed by atoms with Gasteiger partial charge in [0, 0.05) is 5.02 Å². The minimum atomic E-state index is 0.199. The Morgan fingerprint density at radius 3 is 1.43 bits per heavy atom. The first-order chi connectivity index (χ1) is 19.4. The van der Waals surface area contributed by atoms with Crippen LogP contribution in [-0.2, 0) is 0 Å². The molecule has 10 radical (unpaired) electrons.